The Morgan fingerprint density at radius 2 is 1.68 bits per heavy atom. The Bertz CT molecular complexity index is 1400. The standard InChI is InChI=1S/C29H34N6O2/c1-19-12-22(13-20(2)28(19)35-10-8-34(5)9-11-35)23-14-24-25(17-32-29(24)31-16-23)21-6-7-26(30-15-21)37-18-27(36)33(3)4/h6-7,12-17H,8-11,18H2,1-5H3,(H,31,32). The first kappa shape index (κ1) is 24.8. The average molecular weight is 499 g/mol. The molecule has 0 atom stereocenters. The van der Waals surface area contributed by atoms with Crippen molar-refractivity contribution in [3.8, 4) is 28.1 Å². The molecule has 4 heterocycles. The summed E-state index contributed by atoms with van der Waals surface area (Å²) in [4.78, 5) is 30.6. The third kappa shape index (κ3) is 5.15. The summed E-state index contributed by atoms with van der Waals surface area (Å²) in [5, 5.41) is 1.04. The number of aromatic nitrogens is 3. The Morgan fingerprint density at radius 1 is 0.973 bits per heavy atom. The number of H-pyrrole nitrogens is 1. The molecule has 0 spiro atoms. The van der Waals surface area contributed by atoms with Crippen molar-refractivity contribution in [2.24, 2.45) is 0 Å². The van der Waals surface area contributed by atoms with Gasteiger partial charge in [0.25, 0.3) is 5.91 Å². The number of ether oxygens (including phenoxy) is 1. The highest BCUT2D eigenvalue weighted by Crippen LogP contribution is 2.34. The van der Waals surface area contributed by atoms with Gasteiger partial charge in [-0.25, -0.2) is 9.97 Å². The fourth-order valence-electron chi connectivity index (χ4n) is 4.94. The second-order valence-corrected chi connectivity index (χ2v) is 10.0. The molecule has 1 aliphatic rings. The van der Waals surface area contributed by atoms with E-state index in [1.165, 1.54) is 27.3 Å². The Labute approximate surface area is 217 Å². The van der Waals surface area contributed by atoms with Crippen molar-refractivity contribution in [2.45, 2.75) is 13.8 Å². The van der Waals surface area contributed by atoms with Gasteiger partial charge >= 0.3 is 0 Å². The third-order valence-corrected chi connectivity index (χ3v) is 7.06. The summed E-state index contributed by atoms with van der Waals surface area (Å²) in [6.07, 6.45) is 5.66. The first-order valence-electron chi connectivity index (χ1n) is 12.6. The lowest BCUT2D eigenvalue weighted by atomic mass is 9.97. The summed E-state index contributed by atoms with van der Waals surface area (Å²) < 4.78 is 5.52. The highest BCUT2D eigenvalue weighted by Gasteiger charge is 2.19. The molecule has 1 saturated heterocycles. The normalized spacial score (nSPS) is 14.2. The molecule has 0 aliphatic carbocycles. The zero-order valence-electron chi connectivity index (χ0n) is 22.2. The number of rotatable bonds is 6. The molecule has 8 heteroatoms. The minimum absolute atomic E-state index is 0.0356. The lowest BCUT2D eigenvalue weighted by molar-refractivity contribution is -0.130. The van der Waals surface area contributed by atoms with Crippen LogP contribution in [0.4, 0.5) is 5.69 Å². The van der Waals surface area contributed by atoms with Gasteiger partial charge in [0.2, 0.25) is 5.88 Å². The van der Waals surface area contributed by atoms with Crippen molar-refractivity contribution < 1.29 is 9.53 Å². The number of nitrogens with one attached hydrogen (secondary N) is 1. The fourth-order valence-corrected chi connectivity index (χ4v) is 4.94. The molecule has 192 valence electrons. The molecule has 0 unspecified atom stereocenters. The van der Waals surface area contributed by atoms with Crippen LogP contribution in [-0.4, -0.2) is 84.6 Å². The summed E-state index contributed by atoms with van der Waals surface area (Å²) in [5.41, 5.74) is 9.00. The van der Waals surface area contributed by atoms with Crippen molar-refractivity contribution in [1.82, 2.24) is 24.8 Å². The van der Waals surface area contributed by atoms with Crippen LogP contribution in [0.1, 0.15) is 11.1 Å². The molecule has 5 rings (SSSR count). The molecule has 37 heavy (non-hydrogen) atoms. The van der Waals surface area contributed by atoms with Gasteiger partial charge in [0.15, 0.2) is 6.61 Å². The number of nitrogens with zero attached hydrogens (tertiary/aromatic N) is 5. The summed E-state index contributed by atoms with van der Waals surface area (Å²) in [6, 6.07) is 10.5. The molecule has 1 amide bonds. The molecular weight excluding hydrogens is 464 g/mol. The zero-order valence-corrected chi connectivity index (χ0v) is 22.2. The summed E-state index contributed by atoms with van der Waals surface area (Å²) in [7, 11) is 5.59. The van der Waals surface area contributed by atoms with Gasteiger partial charge in [-0.2, -0.15) is 0 Å². The van der Waals surface area contributed by atoms with E-state index in [0.29, 0.717) is 5.88 Å². The molecular formula is C29H34N6O2. The van der Waals surface area contributed by atoms with Crippen LogP contribution in [-0.2, 0) is 4.79 Å². The van der Waals surface area contributed by atoms with Crippen molar-refractivity contribution in [3.05, 3.63) is 60.0 Å². The number of benzene rings is 1. The fraction of sp³-hybridized carbons (Fsp3) is 0.345. The topological polar surface area (TPSA) is 77.6 Å². The van der Waals surface area contributed by atoms with Crippen LogP contribution in [0, 0.1) is 13.8 Å². The number of pyridine rings is 2. The highest BCUT2D eigenvalue weighted by atomic mass is 16.5. The van der Waals surface area contributed by atoms with Gasteiger partial charge in [0.1, 0.15) is 5.65 Å². The van der Waals surface area contributed by atoms with Crippen LogP contribution >= 0.6 is 0 Å². The average Bonchev–Trinajstić information content (AvgIpc) is 3.31. The van der Waals surface area contributed by atoms with E-state index in [0.717, 1.165) is 53.9 Å². The Hall–Kier alpha value is -3.91. The van der Waals surface area contributed by atoms with E-state index >= 15 is 0 Å². The van der Waals surface area contributed by atoms with E-state index in [1.807, 2.05) is 18.5 Å². The maximum absolute atomic E-state index is 11.8. The number of anilines is 1. The van der Waals surface area contributed by atoms with Crippen LogP contribution in [0.2, 0.25) is 0 Å². The minimum Gasteiger partial charge on any atom is -0.468 e. The molecule has 8 nitrogen and oxygen atoms in total. The van der Waals surface area contributed by atoms with Gasteiger partial charge in [0.05, 0.1) is 0 Å². The number of aromatic amines is 1. The van der Waals surface area contributed by atoms with Crippen LogP contribution in [0.3, 0.4) is 0 Å². The van der Waals surface area contributed by atoms with Gasteiger partial charge in [0, 0.05) is 92.7 Å². The predicted molar refractivity (Wildman–Crippen MR) is 148 cm³/mol. The zero-order chi connectivity index (χ0) is 26.1. The largest absolute Gasteiger partial charge is 0.468 e. The SMILES string of the molecule is Cc1cc(-c2cnc3[nH]cc(-c4ccc(OCC(=O)N(C)C)nc4)c3c2)cc(C)c1N1CCN(C)CC1. The van der Waals surface area contributed by atoms with Crippen molar-refractivity contribution in [1.29, 1.82) is 0 Å². The smallest absolute Gasteiger partial charge is 0.260 e. The lowest BCUT2D eigenvalue weighted by Gasteiger charge is -2.36. The summed E-state index contributed by atoms with van der Waals surface area (Å²) >= 11 is 0. The number of amides is 1. The molecule has 3 aromatic heterocycles. The summed E-state index contributed by atoms with van der Waals surface area (Å²) in [6.45, 7) is 8.68. The number of carbonyl (C=O) groups excluding carboxylic acids is 1. The number of hydrogen-bond acceptors (Lipinski definition) is 6. The van der Waals surface area contributed by atoms with Crippen LogP contribution in [0.5, 0.6) is 5.88 Å². The molecule has 4 aromatic rings. The maximum atomic E-state index is 11.8. The monoisotopic (exact) mass is 498 g/mol. The van der Waals surface area contributed by atoms with E-state index in [-0.39, 0.29) is 12.5 Å². The molecule has 1 aromatic carbocycles. The third-order valence-electron chi connectivity index (χ3n) is 7.06. The molecule has 1 aliphatic heterocycles. The number of piperazine rings is 1. The minimum atomic E-state index is -0.108. The predicted octanol–water partition coefficient (Wildman–Crippen LogP) is 4.13. The molecule has 1 fully saturated rings. The van der Waals surface area contributed by atoms with Crippen molar-refractivity contribution >= 4 is 22.6 Å². The Morgan fingerprint density at radius 3 is 2.32 bits per heavy atom. The van der Waals surface area contributed by atoms with E-state index < -0.39 is 0 Å². The van der Waals surface area contributed by atoms with E-state index in [9.17, 15) is 4.79 Å². The quantitative estimate of drug-likeness (QED) is 0.431. The molecule has 0 radical (unpaired) electrons. The van der Waals surface area contributed by atoms with E-state index in [1.54, 1.807) is 26.4 Å². The Balaban J connectivity index is 1.41. The second-order valence-electron chi connectivity index (χ2n) is 10.0. The van der Waals surface area contributed by atoms with Crippen molar-refractivity contribution in [3.63, 3.8) is 0 Å². The van der Waals surface area contributed by atoms with Gasteiger partial charge in [-0.1, -0.05) is 0 Å². The van der Waals surface area contributed by atoms with Crippen LogP contribution < -0.4 is 9.64 Å². The molecule has 0 saturated carbocycles. The van der Waals surface area contributed by atoms with Gasteiger partial charge < -0.3 is 24.4 Å². The van der Waals surface area contributed by atoms with Crippen LogP contribution in [0.15, 0.2) is 48.9 Å². The highest BCUT2D eigenvalue weighted by molar-refractivity contribution is 5.95. The van der Waals surface area contributed by atoms with Gasteiger partial charge in [-0.3, -0.25) is 4.79 Å². The number of likely N-dealkylation sites (N-methyl/N-ethyl adjacent to an activating group) is 2. The molecule has 1 N–H and O–H groups in total. The van der Waals surface area contributed by atoms with Crippen molar-refractivity contribution in [2.75, 3.05) is 58.8 Å². The maximum Gasteiger partial charge on any atom is 0.260 e. The van der Waals surface area contributed by atoms with E-state index in [4.69, 9.17) is 9.72 Å². The van der Waals surface area contributed by atoms with Crippen LogP contribution in [0.25, 0.3) is 33.3 Å². The first-order chi connectivity index (χ1) is 17.8. The first-order valence-corrected chi connectivity index (χ1v) is 12.6. The number of carbonyl (C=O) groups is 1. The van der Waals surface area contributed by atoms with Gasteiger partial charge in [-0.05, 0) is 61.9 Å². The summed E-state index contributed by atoms with van der Waals surface area (Å²) in [5.74, 6) is 0.312. The Kier molecular flexibility index (Phi) is 6.84. The second kappa shape index (κ2) is 10.2. The number of aryl methyl sites for hydroxylation is 2. The number of hydrogen-bond donors (Lipinski definition) is 1. The van der Waals surface area contributed by atoms with Gasteiger partial charge in [-0.15, -0.1) is 0 Å². The number of fused-ring (bicyclic) bond motifs is 1. The lowest BCUT2D eigenvalue weighted by Crippen LogP contribution is -2.45. The molecule has 0 bridgehead atoms. The van der Waals surface area contributed by atoms with E-state index in [2.05, 4.69) is 58.9 Å².